The first-order chi connectivity index (χ1) is 22.7. The lowest BCUT2D eigenvalue weighted by molar-refractivity contribution is -0.159. The van der Waals surface area contributed by atoms with Gasteiger partial charge < -0.3 is 14.7 Å². The molecule has 48 heavy (non-hydrogen) atoms. The highest BCUT2D eigenvalue weighted by Gasteiger charge is 2.52. The number of fused-ring (bicyclic) bond motifs is 1. The van der Waals surface area contributed by atoms with E-state index in [0.717, 1.165) is 44.7 Å². The molecule has 7 rings (SSSR count). The van der Waals surface area contributed by atoms with E-state index in [-0.39, 0.29) is 35.9 Å². The summed E-state index contributed by atoms with van der Waals surface area (Å²) in [5, 5.41) is 4.44. The molecule has 0 bridgehead atoms. The number of nitrogens with zero attached hydrogens (tertiary/aromatic N) is 6. The number of carbonyl (C=O) groups excluding carboxylic acids is 2. The molecule has 2 amide bonds. The number of aromatic nitrogens is 3. The van der Waals surface area contributed by atoms with Crippen LogP contribution in [0.25, 0.3) is 5.82 Å². The molecule has 1 saturated carbocycles. The van der Waals surface area contributed by atoms with Gasteiger partial charge in [0.15, 0.2) is 5.82 Å². The van der Waals surface area contributed by atoms with Gasteiger partial charge in [-0.15, -0.1) is 0 Å². The predicted molar refractivity (Wildman–Crippen MR) is 167 cm³/mol. The van der Waals surface area contributed by atoms with Crippen molar-refractivity contribution in [3.63, 3.8) is 0 Å². The van der Waals surface area contributed by atoms with Crippen molar-refractivity contribution in [3.8, 4) is 5.82 Å². The second kappa shape index (κ2) is 11.9. The van der Waals surface area contributed by atoms with Crippen molar-refractivity contribution < 1.29 is 31.5 Å². The van der Waals surface area contributed by atoms with Crippen molar-refractivity contribution in [1.82, 2.24) is 29.5 Å². The first-order valence-electron chi connectivity index (χ1n) is 16.6. The lowest BCUT2D eigenvalue weighted by Crippen LogP contribution is -2.47. The van der Waals surface area contributed by atoms with Gasteiger partial charge in [-0.2, -0.15) is 18.3 Å². The van der Waals surface area contributed by atoms with Gasteiger partial charge in [0.05, 0.1) is 22.5 Å². The number of benzene rings is 1. The average Bonchev–Trinajstić information content (AvgIpc) is 3.81. The third kappa shape index (κ3) is 5.98. The molecule has 3 aliphatic heterocycles. The number of rotatable bonds is 7. The Labute approximate surface area is 275 Å². The second-order valence-electron chi connectivity index (χ2n) is 14.2. The Morgan fingerprint density at radius 2 is 1.62 bits per heavy atom. The van der Waals surface area contributed by atoms with Gasteiger partial charge >= 0.3 is 6.18 Å². The van der Waals surface area contributed by atoms with Gasteiger partial charge in [0.2, 0.25) is 11.8 Å². The number of likely N-dealkylation sites (tertiary alicyclic amines) is 3. The van der Waals surface area contributed by atoms with Gasteiger partial charge in [0, 0.05) is 69.6 Å². The van der Waals surface area contributed by atoms with Crippen LogP contribution in [0.2, 0.25) is 0 Å². The number of amides is 2. The van der Waals surface area contributed by atoms with Crippen LogP contribution in [0.1, 0.15) is 58.6 Å². The van der Waals surface area contributed by atoms with Crippen molar-refractivity contribution in [2.45, 2.75) is 57.0 Å². The highest BCUT2D eigenvalue weighted by atomic mass is 19.4. The Kier molecular flexibility index (Phi) is 8.11. The largest absolute Gasteiger partial charge is 0.417 e. The number of alkyl halides is 5. The fourth-order valence-electron chi connectivity index (χ4n) is 8.35. The first kappa shape index (κ1) is 32.7. The minimum Gasteiger partial charge on any atom is -0.342 e. The summed E-state index contributed by atoms with van der Waals surface area (Å²) in [6, 6.07) is 12.4. The topological polar surface area (TPSA) is 74.6 Å². The van der Waals surface area contributed by atoms with E-state index in [2.05, 4.69) is 27.1 Å². The summed E-state index contributed by atoms with van der Waals surface area (Å²) < 4.78 is 67.5. The molecular weight excluding hydrogens is 631 g/mol. The standard InChI is InChI=1S/C35H39F5N6O2/c1-22-30(23(2)46(42-22)29-9-8-28(16-41-29)35(38,39)40)32(48)45-19-25-17-43(18-26(25)20-45)12-10-33(27-6-4-3-5-7-27)11-13-44(21-33)31(47)24-14-34(36,37)15-24/h3-9,16,24-26H,10-15,17-21H2,1-2H3. The van der Waals surface area contributed by atoms with Crippen LogP contribution in [0.4, 0.5) is 22.0 Å². The van der Waals surface area contributed by atoms with Crippen molar-refractivity contribution in [1.29, 1.82) is 0 Å². The highest BCUT2D eigenvalue weighted by molar-refractivity contribution is 5.96. The van der Waals surface area contributed by atoms with E-state index >= 15 is 0 Å². The number of hydrogen-bond acceptors (Lipinski definition) is 5. The maximum atomic E-state index is 13.7. The molecule has 0 spiro atoms. The van der Waals surface area contributed by atoms with Crippen LogP contribution in [0.3, 0.4) is 0 Å². The smallest absolute Gasteiger partial charge is 0.342 e. The quantitative estimate of drug-likeness (QED) is 0.310. The molecule has 2 aromatic heterocycles. The van der Waals surface area contributed by atoms with Crippen molar-refractivity contribution in [3.05, 3.63) is 76.7 Å². The molecule has 3 saturated heterocycles. The van der Waals surface area contributed by atoms with Crippen molar-refractivity contribution in [2.75, 3.05) is 45.8 Å². The third-order valence-electron chi connectivity index (χ3n) is 11.0. The fourth-order valence-corrected chi connectivity index (χ4v) is 8.35. The number of halogens is 5. The molecule has 3 atom stereocenters. The molecule has 4 aliphatic rings. The number of pyridine rings is 1. The zero-order valence-corrected chi connectivity index (χ0v) is 27.0. The zero-order valence-electron chi connectivity index (χ0n) is 27.0. The minimum atomic E-state index is -4.49. The van der Waals surface area contributed by atoms with Crippen LogP contribution in [0, 0.1) is 31.6 Å². The molecule has 0 N–H and O–H groups in total. The van der Waals surface area contributed by atoms with Gasteiger partial charge in [-0.1, -0.05) is 30.3 Å². The summed E-state index contributed by atoms with van der Waals surface area (Å²) in [6.07, 6.45) is -2.79. The minimum absolute atomic E-state index is 0.132. The number of carbonyl (C=O) groups is 2. The van der Waals surface area contributed by atoms with Crippen molar-refractivity contribution in [2.24, 2.45) is 17.8 Å². The summed E-state index contributed by atoms with van der Waals surface area (Å²) in [4.78, 5) is 36.9. The molecule has 3 unspecified atom stereocenters. The maximum Gasteiger partial charge on any atom is 0.417 e. The maximum absolute atomic E-state index is 13.7. The molecule has 0 radical (unpaired) electrons. The molecule has 5 heterocycles. The van der Waals surface area contributed by atoms with Crippen LogP contribution in [0.15, 0.2) is 48.7 Å². The number of aryl methyl sites for hydroxylation is 1. The summed E-state index contributed by atoms with van der Waals surface area (Å²) in [6.45, 7) is 8.33. The molecular formula is C35H39F5N6O2. The molecule has 3 aromatic rings. The zero-order chi connectivity index (χ0) is 34.0. The molecule has 1 aliphatic carbocycles. The molecule has 8 nitrogen and oxygen atoms in total. The van der Waals surface area contributed by atoms with Gasteiger partial charge in [-0.05, 0) is 62.8 Å². The normalized spacial score (nSPS) is 25.8. The SMILES string of the molecule is Cc1nn(-c2ccc(C(F)(F)F)cn2)c(C)c1C(=O)N1CC2CN(CCC3(c4ccccc4)CCN(C(=O)C4CC(F)(F)C4)C3)CC2C1. The van der Waals surface area contributed by atoms with Gasteiger partial charge in [0.25, 0.3) is 5.91 Å². The van der Waals surface area contributed by atoms with E-state index in [1.54, 1.807) is 18.7 Å². The number of hydrogen-bond donors (Lipinski definition) is 0. The third-order valence-corrected chi connectivity index (χ3v) is 11.0. The van der Waals surface area contributed by atoms with E-state index in [1.165, 1.54) is 16.3 Å². The Hall–Kier alpha value is -3.87. The molecule has 256 valence electrons. The van der Waals surface area contributed by atoms with E-state index in [4.69, 9.17) is 0 Å². The summed E-state index contributed by atoms with van der Waals surface area (Å²) in [5.74, 6) is -2.75. The molecule has 4 fully saturated rings. The predicted octanol–water partition coefficient (Wildman–Crippen LogP) is 5.51. The van der Waals surface area contributed by atoms with Gasteiger partial charge in [0.1, 0.15) is 0 Å². The second-order valence-corrected chi connectivity index (χ2v) is 14.2. The summed E-state index contributed by atoms with van der Waals surface area (Å²) in [7, 11) is 0. The van der Waals surface area contributed by atoms with Gasteiger partial charge in [-0.25, -0.2) is 18.4 Å². The Morgan fingerprint density at radius 1 is 0.938 bits per heavy atom. The Balaban J connectivity index is 0.977. The summed E-state index contributed by atoms with van der Waals surface area (Å²) >= 11 is 0. The van der Waals surface area contributed by atoms with Crippen LogP contribution in [-0.4, -0.2) is 93.0 Å². The van der Waals surface area contributed by atoms with E-state index in [1.807, 2.05) is 23.1 Å². The van der Waals surface area contributed by atoms with Crippen LogP contribution in [0.5, 0.6) is 0 Å². The summed E-state index contributed by atoms with van der Waals surface area (Å²) in [5.41, 5.74) is 1.57. The first-order valence-corrected chi connectivity index (χ1v) is 16.6. The lowest BCUT2D eigenvalue weighted by atomic mass is 9.76. The van der Waals surface area contributed by atoms with Crippen LogP contribution in [-0.2, 0) is 16.4 Å². The van der Waals surface area contributed by atoms with Crippen LogP contribution >= 0.6 is 0 Å². The van der Waals surface area contributed by atoms with E-state index in [0.29, 0.717) is 55.0 Å². The Morgan fingerprint density at radius 3 is 2.23 bits per heavy atom. The fraction of sp³-hybridized carbons (Fsp3) is 0.543. The van der Waals surface area contributed by atoms with E-state index in [9.17, 15) is 31.5 Å². The molecule has 13 heteroatoms. The van der Waals surface area contributed by atoms with E-state index < -0.39 is 23.6 Å². The lowest BCUT2D eigenvalue weighted by Gasteiger charge is -2.37. The molecule has 1 aromatic carbocycles. The van der Waals surface area contributed by atoms with Crippen molar-refractivity contribution >= 4 is 11.8 Å². The van der Waals surface area contributed by atoms with Gasteiger partial charge in [-0.3, -0.25) is 9.59 Å². The monoisotopic (exact) mass is 670 g/mol. The highest BCUT2D eigenvalue weighted by Crippen LogP contribution is 2.46. The average molecular weight is 671 g/mol. The Bertz CT molecular complexity index is 1670. The van der Waals surface area contributed by atoms with Crippen LogP contribution < -0.4 is 0 Å².